The molecule has 0 aliphatic rings. The molecule has 10 heteroatoms. The van der Waals surface area contributed by atoms with Crippen molar-refractivity contribution in [2.45, 2.75) is 5.16 Å². The Kier molecular flexibility index (Phi) is 5.00. The summed E-state index contributed by atoms with van der Waals surface area (Å²) < 4.78 is 5.24. The molecule has 2 aromatic carbocycles. The summed E-state index contributed by atoms with van der Waals surface area (Å²) in [6.07, 6.45) is 0. The minimum absolute atomic E-state index is 0.0852. The first-order chi connectivity index (χ1) is 14.0. The van der Waals surface area contributed by atoms with Crippen molar-refractivity contribution < 1.29 is 19.4 Å². The number of ether oxygens (including phenoxy) is 1. The average Bonchev–Trinajstić information content (AvgIpc) is 3.09. The molecule has 2 heterocycles. The maximum absolute atomic E-state index is 12.1. The molecule has 0 bridgehead atoms. The van der Waals surface area contributed by atoms with Crippen LogP contribution in [0, 0.1) is 0 Å². The van der Waals surface area contributed by atoms with Crippen LogP contribution in [-0.4, -0.2) is 50.0 Å². The fourth-order valence-electron chi connectivity index (χ4n) is 2.75. The van der Waals surface area contributed by atoms with E-state index in [1.165, 1.54) is 24.3 Å². The van der Waals surface area contributed by atoms with Crippen molar-refractivity contribution in [3.05, 3.63) is 48.0 Å². The van der Waals surface area contributed by atoms with Gasteiger partial charge in [-0.1, -0.05) is 11.8 Å². The first kappa shape index (κ1) is 18.7. The summed E-state index contributed by atoms with van der Waals surface area (Å²) in [5, 5.41) is 21.1. The summed E-state index contributed by atoms with van der Waals surface area (Å²) in [7, 11) is 1.60. The molecule has 9 nitrogen and oxygen atoms in total. The molecule has 3 N–H and O–H groups in total. The van der Waals surface area contributed by atoms with E-state index in [0.29, 0.717) is 27.8 Å². The smallest absolute Gasteiger partial charge is 0.335 e. The third kappa shape index (κ3) is 3.97. The Morgan fingerprint density at radius 3 is 2.69 bits per heavy atom. The number of hydrogen-bond donors (Lipinski definition) is 3. The van der Waals surface area contributed by atoms with Crippen molar-refractivity contribution in [2.75, 3.05) is 18.2 Å². The second kappa shape index (κ2) is 7.76. The second-order valence-electron chi connectivity index (χ2n) is 6.05. The summed E-state index contributed by atoms with van der Waals surface area (Å²) in [6.45, 7) is 0. The third-order valence-electron chi connectivity index (χ3n) is 4.15. The van der Waals surface area contributed by atoms with E-state index >= 15 is 0 Å². The lowest BCUT2D eigenvalue weighted by Crippen LogP contribution is -2.14. The molecule has 0 aliphatic heterocycles. The van der Waals surface area contributed by atoms with Crippen LogP contribution in [-0.2, 0) is 4.79 Å². The number of benzene rings is 2. The van der Waals surface area contributed by atoms with Gasteiger partial charge in [0.2, 0.25) is 11.1 Å². The van der Waals surface area contributed by atoms with Crippen LogP contribution in [0.2, 0.25) is 0 Å². The summed E-state index contributed by atoms with van der Waals surface area (Å²) in [6, 6.07) is 11.5. The largest absolute Gasteiger partial charge is 0.497 e. The number of aromatic nitrogens is 4. The van der Waals surface area contributed by atoms with E-state index in [2.05, 4.69) is 25.5 Å². The van der Waals surface area contributed by atoms with Crippen LogP contribution in [0.4, 0.5) is 5.69 Å². The summed E-state index contributed by atoms with van der Waals surface area (Å²) in [4.78, 5) is 30.6. The van der Waals surface area contributed by atoms with Crippen LogP contribution in [0.25, 0.3) is 22.1 Å². The maximum Gasteiger partial charge on any atom is 0.335 e. The number of carboxylic acid groups (broad SMARTS) is 1. The van der Waals surface area contributed by atoms with E-state index in [-0.39, 0.29) is 17.2 Å². The van der Waals surface area contributed by atoms with Gasteiger partial charge in [-0.3, -0.25) is 4.79 Å². The number of H-pyrrole nitrogens is 1. The number of amides is 1. The summed E-state index contributed by atoms with van der Waals surface area (Å²) in [5.41, 5.74) is 2.75. The van der Waals surface area contributed by atoms with Crippen LogP contribution < -0.4 is 10.1 Å². The van der Waals surface area contributed by atoms with Crippen LogP contribution >= 0.6 is 11.8 Å². The molecule has 0 saturated heterocycles. The molecule has 0 radical (unpaired) electrons. The molecule has 0 fully saturated rings. The number of carboxylic acids is 1. The monoisotopic (exact) mass is 409 g/mol. The Hall–Kier alpha value is -3.66. The minimum Gasteiger partial charge on any atom is -0.497 e. The summed E-state index contributed by atoms with van der Waals surface area (Å²) >= 11 is 1.15. The van der Waals surface area contributed by atoms with Crippen molar-refractivity contribution in [3.63, 3.8) is 0 Å². The van der Waals surface area contributed by atoms with Gasteiger partial charge in [0.1, 0.15) is 11.3 Å². The highest BCUT2D eigenvalue weighted by molar-refractivity contribution is 7.99. The molecule has 0 aliphatic carbocycles. The number of aromatic carboxylic acids is 1. The molecule has 4 rings (SSSR count). The minimum atomic E-state index is -1.02. The third-order valence-corrected chi connectivity index (χ3v) is 4.99. The van der Waals surface area contributed by atoms with Gasteiger partial charge in [0.25, 0.3) is 0 Å². The molecule has 4 aromatic rings. The number of anilines is 1. The van der Waals surface area contributed by atoms with E-state index in [0.717, 1.165) is 22.7 Å². The van der Waals surface area contributed by atoms with Crippen molar-refractivity contribution in [2.24, 2.45) is 0 Å². The number of nitrogens with one attached hydrogen (secondary N) is 2. The Morgan fingerprint density at radius 1 is 1.17 bits per heavy atom. The predicted molar refractivity (Wildman–Crippen MR) is 108 cm³/mol. The highest BCUT2D eigenvalue weighted by Gasteiger charge is 2.12. The predicted octanol–water partition coefficient (Wildman–Crippen LogP) is 2.94. The number of hydrogen-bond acceptors (Lipinski definition) is 7. The second-order valence-corrected chi connectivity index (χ2v) is 6.99. The first-order valence-electron chi connectivity index (χ1n) is 8.49. The molecule has 1 amide bonds. The van der Waals surface area contributed by atoms with Crippen LogP contribution in [0.3, 0.4) is 0 Å². The highest BCUT2D eigenvalue weighted by Crippen LogP contribution is 2.27. The lowest BCUT2D eigenvalue weighted by molar-refractivity contribution is -0.113. The number of methoxy groups -OCH3 is 1. The number of thioether (sulfide) groups is 1. The van der Waals surface area contributed by atoms with Crippen LogP contribution in [0.1, 0.15) is 10.4 Å². The van der Waals surface area contributed by atoms with E-state index in [1.54, 1.807) is 7.11 Å². The molecular weight excluding hydrogens is 394 g/mol. The zero-order chi connectivity index (χ0) is 20.4. The Morgan fingerprint density at radius 2 is 1.97 bits per heavy atom. The van der Waals surface area contributed by atoms with Gasteiger partial charge in [0.15, 0.2) is 5.65 Å². The highest BCUT2D eigenvalue weighted by atomic mass is 32.2. The zero-order valence-electron chi connectivity index (χ0n) is 15.2. The van der Waals surface area contributed by atoms with Gasteiger partial charge in [-0.2, -0.15) is 0 Å². The van der Waals surface area contributed by atoms with E-state index in [4.69, 9.17) is 9.84 Å². The molecule has 146 valence electrons. The van der Waals surface area contributed by atoms with Gasteiger partial charge in [0.05, 0.1) is 18.4 Å². The molecule has 29 heavy (non-hydrogen) atoms. The Bertz CT molecular complexity index is 1220. The normalized spacial score (nSPS) is 10.9. The van der Waals surface area contributed by atoms with E-state index < -0.39 is 5.97 Å². The van der Waals surface area contributed by atoms with Crippen LogP contribution in [0.15, 0.2) is 47.6 Å². The topological polar surface area (TPSA) is 130 Å². The molecular formula is C19H15N5O4S. The molecule has 0 saturated carbocycles. The molecule has 0 unspecified atom stereocenters. The van der Waals surface area contributed by atoms with Gasteiger partial charge in [-0.25, -0.2) is 9.78 Å². The number of aromatic amines is 1. The van der Waals surface area contributed by atoms with Crippen molar-refractivity contribution in [3.8, 4) is 5.75 Å². The standard InChI is InChI=1S/C19H15N5O4S/c1-28-12-6-7-14-13(8-12)16-17(21-14)22-19(24-23-16)29-9-15(25)20-11-4-2-10(3-5-11)18(26)27/h2-8H,9H2,1H3,(H,20,25)(H,26,27)(H,21,22,24). The zero-order valence-corrected chi connectivity index (χ0v) is 16.0. The molecule has 0 atom stereocenters. The average molecular weight is 409 g/mol. The summed E-state index contributed by atoms with van der Waals surface area (Å²) in [5.74, 6) is -0.481. The van der Waals surface area contributed by atoms with Crippen molar-refractivity contribution >= 4 is 51.4 Å². The van der Waals surface area contributed by atoms with Crippen LogP contribution in [0.5, 0.6) is 5.75 Å². The first-order valence-corrected chi connectivity index (χ1v) is 9.48. The number of rotatable bonds is 6. The fourth-order valence-corrected chi connectivity index (χ4v) is 3.33. The quantitative estimate of drug-likeness (QED) is 0.414. The number of nitrogens with zero attached hydrogens (tertiary/aromatic N) is 3. The SMILES string of the molecule is COc1ccc2[nH]c3nc(SCC(=O)Nc4ccc(C(=O)O)cc4)nnc3c2c1. The fraction of sp³-hybridized carbons (Fsp3) is 0.105. The van der Waals surface area contributed by atoms with E-state index in [9.17, 15) is 9.59 Å². The number of carbonyl (C=O) groups excluding carboxylic acids is 1. The van der Waals surface area contributed by atoms with Gasteiger partial charge in [-0.15, -0.1) is 10.2 Å². The maximum atomic E-state index is 12.1. The van der Waals surface area contributed by atoms with Gasteiger partial charge >= 0.3 is 5.97 Å². The van der Waals surface area contributed by atoms with Gasteiger partial charge < -0.3 is 20.1 Å². The molecule has 2 aromatic heterocycles. The van der Waals surface area contributed by atoms with E-state index in [1.807, 2.05) is 18.2 Å². The lowest BCUT2D eigenvalue weighted by Gasteiger charge is -2.05. The lowest BCUT2D eigenvalue weighted by atomic mass is 10.2. The number of fused-ring (bicyclic) bond motifs is 3. The van der Waals surface area contributed by atoms with Gasteiger partial charge in [-0.05, 0) is 42.5 Å². The number of carbonyl (C=O) groups is 2. The Labute approximate surface area is 168 Å². The van der Waals surface area contributed by atoms with Crippen molar-refractivity contribution in [1.82, 2.24) is 20.2 Å². The molecule has 0 spiro atoms. The van der Waals surface area contributed by atoms with Crippen molar-refractivity contribution in [1.29, 1.82) is 0 Å². The van der Waals surface area contributed by atoms with Gasteiger partial charge in [0, 0.05) is 16.6 Å². The Balaban J connectivity index is 1.44.